The molecule has 0 spiro atoms. The maximum absolute atomic E-state index is 6.02. The summed E-state index contributed by atoms with van der Waals surface area (Å²) in [6, 6.07) is 4.31. The van der Waals surface area contributed by atoms with Gasteiger partial charge in [0.1, 0.15) is 5.82 Å². The van der Waals surface area contributed by atoms with Crippen LogP contribution in [0.3, 0.4) is 0 Å². The van der Waals surface area contributed by atoms with Crippen molar-refractivity contribution in [3.05, 3.63) is 23.4 Å². The number of halogens is 1. The second kappa shape index (κ2) is 6.13. The Morgan fingerprint density at radius 1 is 1.37 bits per heavy atom. The minimum absolute atomic E-state index is 0.391. The summed E-state index contributed by atoms with van der Waals surface area (Å²) in [6.45, 7) is 9.10. The van der Waals surface area contributed by atoms with Crippen molar-refractivity contribution in [1.29, 1.82) is 0 Å². The van der Waals surface area contributed by atoms with Crippen LogP contribution in [0, 0.1) is 5.41 Å². The molecule has 2 heterocycles. The van der Waals surface area contributed by atoms with Crippen molar-refractivity contribution in [2.24, 2.45) is 5.41 Å². The predicted molar refractivity (Wildman–Crippen MR) is 83.0 cm³/mol. The van der Waals surface area contributed by atoms with Crippen molar-refractivity contribution in [3.8, 4) is 0 Å². The van der Waals surface area contributed by atoms with Crippen LogP contribution >= 0.6 is 11.6 Å². The van der Waals surface area contributed by atoms with Gasteiger partial charge < -0.3 is 4.90 Å². The highest BCUT2D eigenvalue weighted by molar-refractivity contribution is 6.17. The van der Waals surface area contributed by atoms with Crippen LogP contribution in [-0.4, -0.2) is 18.1 Å². The number of hydrogen-bond acceptors (Lipinski definition) is 2. The van der Waals surface area contributed by atoms with Gasteiger partial charge in [-0.3, -0.25) is 0 Å². The third kappa shape index (κ3) is 3.85. The molecule has 2 rings (SSSR count). The van der Waals surface area contributed by atoms with Crippen molar-refractivity contribution in [1.82, 2.24) is 4.98 Å². The molecule has 1 aliphatic heterocycles. The Hall–Kier alpha value is -0.760. The number of alkyl halides is 1. The molecule has 0 unspecified atom stereocenters. The minimum atomic E-state index is 0.391. The van der Waals surface area contributed by atoms with Gasteiger partial charge in [0.15, 0.2) is 0 Å². The number of piperidine rings is 1. The lowest BCUT2D eigenvalue weighted by Crippen LogP contribution is -2.40. The molecular formula is C16H25ClN2. The van der Waals surface area contributed by atoms with Gasteiger partial charge in [-0.15, -0.1) is 11.6 Å². The van der Waals surface area contributed by atoms with E-state index in [9.17, 15) is 0 Å². The maximum Gasteiger partial charge on any atom is 0.129 e. The molecule has 0 atom stereocenters. The van der Waals surface area contributed by atoms with Crippen LogP contribution in [0.2, 0.25) is 0 Å². The zero-order valence-electron chi connectivity index (χ0n) is 12.4. The van der Waals surface area contributed by atoms with E-state index in [-0.39, 0.29) is 0 Å². The lowest BCUT2D eigenvalue weighted by atomic mass is 9.84. The van der Waals surface area contributed by atoms with E-state index in [1.54, 1.807) is 0 Å². The summed E-state index contributed by atoms with van der Waals surface area (Å²) in [5.41, 5.74) is 2.76. The summed E-state index contributed by atoms with van der Waals surface area (Å²) < 4.78 is 0. The van der Waals surface area contributed by atoms with Gasteiger partial charge in [0.05, 0.1) is 0 Å². The highest BCUT2D eigenvalue weighted by atomic mass is 35.5. The van der Waals surface area contributed by atoms with Crippen LogP contribution in [-0.2, 0) is 12.3 Å². The van der Waals surface area contributed by atoms with E-state index in [2.05, 4.69) is 37.8 Å². The number of rotatable bonds is 4. The third-order valence-electron chi connectivity index (χ3n) is 3.81. The summed E-state index contributed by atoms with van der Waals surface area (Å²) >= 11 is 6.02. The van der Waals surface area contributed by atoms with Crippen molar-refractivity contribution in [2.45, 2.75) is 52.3 Å². The van der Waals surface area contributed by atoms with Gasteiger partial charge in [-0.25, -0.2) is 4.98 Å². The summed E-state index contributed by atoms with van der Waals surface area (Å²) in [4.78, 5) is 7.26. The fourth-order valence-electron chi connectivity index (χ4n) is 2.88. The minimum Gasteiger partial charge on any atom is -0.356 e. The fraction of sp³-hybridized carbons (Fsp3) is 0.688. The molecule has 0 aliphatic carbocycles. The molecule has 0 amide bonds. The van der Waals surface area contributed by atoms with Crippen LogP contribution in [0.5, 0.6) is 0 Å². The van der Waals surface area contributed by atoms with Gasteiger partial charge in [0.25, 0.3) is 0 Å². The smallest absolute Gasteiger partial charge is 0.129 e. The molecule has 0 radical (unpaired) electrons. The zero-order valence-corrected chi connectivity index (χ0v) is 13.1. The van der Waals surface area contributed by atoms with E-state index in [1.165, 1.54) is 24.1 Å². The molecule has 1 fully saturated rings. The maximum atomic E-state index is 6.02. The Kier molecular flexibility index (Phi) is 4.72. The highest BCUT2D eigenvalue weighted by Gasteiger charge is 2.27. The van der Waals surface area contributed by atoms with E-state index < -0.39 is 0 Å². The lowest BCUT2D eigenvalue weighted by molar-refractivity contribution is 0.292. The largest absolute Gasteiger partial charge is 0.356 e. The van der Waals surface area contributed by atoms with E-state index in [4.69, 9.17) is 16.6 Å². The van der Waals surface area contributed by atoms with Crippen molar-refractivity contribution < 1.29 is 0 Å². The van der Waals surface area contributed by atoms with E-state index in [0.29, 0.717) is 11.3 Å². The van der Waals surface area contributed by atoms with Crippen LogP contribution in [0.25, 0.3) is 0 Å². The van der Waals surface area contributed by atoms with Crippen LogP contribution in [0.15, 0.2) is 12.1 Å². The lowest BCUT2D eigenvalue weighted by Gasteiger charge is -2.39. The van der Waals surface area contributed by atoms with Crippen LogP contribution in [0.4, 0.5) is 5.82 Å². The number of aryl methyl sites for hydroxylation is 1. The molecule has 0 bridgehead atoms. The number of aromatic nitrogens is 1. The summed E-state index contributed by atoms with van der Waals surface area (Å²) in [6.07, 6.45) is 4.72. The molecule has 2 nitrogen and oxygen atoms in total. The normalized spacial score (nSPS) is 18.6. The summed E-state index contributed by atoms with van der Waals surface area (Å²) in [5, 5.41) is 0. The van der Waals surface area contributed by atoms with Gasteiger partial charge in [-0.05, 0) is 42.4 Å². The quantitative estimate of drug-likeness (QED) is 0.760. The Morgan fingerprint density at radius 2 is 2.16 bits per heavy atom. The monoisotopic (exact) mass is 280 g/mol. The highest BCUT2D eigenvalue weighted by Crippen LogP contribution is 2.31. The fourth-order valence-corrected chi connectivity index (χ4v) is 3.03. The standard InChI is InChI=1S/C16H25ClN2/c1-4-6-14-9-13(11-17)10-15(18-14)19-8-5-7-16(2,3)12-19/h9-10H,4-8,11-12H2,1-3H3. The van der Waals surface area contributed by atoms with Gasteiger partial charge >= 0.3 is 0 Å². The van der Waals surface area contributed by atoms with Crippen molar-refractivity contribution in [2.75, 3.05) is 18.0 Å². The average molecular weight is 281 g/mol. The second-order valence-corrected chi connectivity index (χ2v) is 6.67. The third-order valence-corrected chi connectivity index (χ3v) is 4.12. The van der Waals surface area contributed by atoms with Crippen molar-refractivity contribution >= 4 is 17.4 Å². The molecule has 1 aliphatic rings. The molecule has 1 aromatic rings. The van der Waals surface area contributed by atoms with E-state index in [0.717, 1.165) is 31.7 Å². The molecular weight excluding hydrogens is 256 g/mol. The van der Waals surface area contributed by atoms with Crippen LogP contribution < -0.4 is 4.90 Å². The Morgan fingerprint density at radius 3 is 2.79 bits per heavy atom. The first-order valence-corrected chi connectivity index (χ1v) is 7.88. The van der Waals surface area contributed by atoms with Gasteiger partial charge in [0.2, 0.25) is 0 Å². The van der Waals surface area contributed by atoms with E-state index >= 15 is 0 Å². The zero-order chi connectivity index (χ0) is 13.9. The van der Waals surface area contributed by atoms with Gasteiger partial charge in [0, 0.05) is 24.7 Å². The molecule has 0 saturated carbocycles. The van der Waals surface area contributed by atoms with Gasteiger partial charge in [-0.2, -0.15) is 0 Å². The van der Waals surface area contributed by atoms with E-state index in [1.807, 2.05) is 0 Å². The first-order chi connectivity index (χ1) is 9.04. The molecule has 0 aromatic carbocycles. The summed E-state index contributed by atoms with van der Waals surface area (Å²) in [7, 11) is 0. The van der Waals surface area contributed by atoms with Crippen LogP contribution in [0.1, 0.15) is 51.3 Å². The SMILES string of the molecule is CCCc1cc(CCl)cc(N2CCCC(C)(C)C2)n1. The molecule has 1 aromatic heterocycles. The molecule has 0 N–H and O–H groups in total. The van der Waals surface area contributed by atoms with Crippen molar-refractivity contribution in [3.63, 3.8) is 0 Å². The molecule has 106 valence electrons. The Bertz CT molecular complexity index is 429. The molecule has 1 saturated heterocycles. The van der Waals surface area contributed by atoms with Gasteiger partial charge in [-0.1, -0.05) is 27.2 Å². The topological polar surface area (TPSA) is 16.1 Å². The number of anilines is 1. The second-order valence-electron chi connectivity index (χ2n) is 6.40. The molecule has 3 heteroatoms. The average Bonchev–Trinajstić information content (AvgIpc) is 2.37. The number of nitrogens with zero attached hydrogens (tertiary/aromatic N) is 2. The number of pyridine rings is 1. The first kappa shape index (κ1) is 14.6. The summed E-state index contributed by atoms with van der Waals surface area (Å²) in [5.74, 6) is 1.69. The Labute approximate surface area is 122 Å². The predicted octanol–water partition coefficient (Wildman–Crippen LogP) is 4.40. The first-order valence-electron chi connectivity index (χ1n) is 7.35. The Balaban J connectivity index is 2.25. The number of hydrogen-bond donors (Lipinski definition) is 0. The molecule has 19 heavy (non-hydrogen) atoms.